The van der Waals surface area contributed by atoms with Crippen molar-refractivity contribution >= 4 is 5.91 Å². The second-order valence-electron chi connectivity index (χ2n) is 6.45. The van der Waals surface area contributed by atoms with Crippen LogP contribution in [0.15, 0.2) is 48.5 Å². The van der Waals surface area contributed by atoms with E-state index in [1.54, 1.807) is 7.11 Å². The fourth-order valence-corrected chi connectivity index (χ4v) is 3.35. The highest BCUT2D eigenvalue weighted by Crippen LogP contribution is 2.25. The quantitative estimate of drug-likeness (QED) is 0.851. The summed E-state index contributed by atoms with van der Waals surface area (Å²) >= 11 is 0. The van der Waals surface area contributed by atoms with E-state index < -0.39 is 0 Å². The number of carbonyl (C=O) groups is 1. The minimum Gasteiger partial charge on any atom is -0.497 e. The molecule has 1 amide bonds. The predicted molar refractivity (Wildman–Crippen MR) is 100 cm³/mol. The average molecular weight is 349 g/mol. The first-order chi connectivity index (χ1) is 12.6. The van der Waals surface area contributed by atoms with Crippen molar-refractivity contribution in [2.24, 2.45) is 0 Å². The van der Waals surface area contributed by atoms with Crippen LogP contribution in [0.2, 0.25) is 0 Å². The van der Waals surface area contributed by atoms with Gasteiger partial charge in [-0.25, -0.2) is 0 Å². The van der Waals surface area contributed by atoms with E-state index in [1.807, 2.05) is 60.4 Å². The zero-order chi connectivity index (χ0) is 18.5. The van der Waals surface area contributed by atoms with Crippen LogP contribution in [-0.4, -0.2) is 49.0 Å². The highest BCUT2D eigenvalue weighted by molar-refractivity contribution is 5.95. The Bertz CT molecular complexity index is 820. The summed E-state index contributed by atoms with van der Waals surface area (Å²) in [5.74, 6) is 0.814. The number of methoxy groups -OCH3 is 1. The van der Waals surface area contributed by atoms with Crippen molar-refractivity contribution in [2.75, 3.05) is 33.3 Å². The molecule has 3 rings (SSSR count). The Hall–Kier alpha value is -2.84. The van der Waals surface area contributed by atoms with E-state index in [1.165, 1.54) is 0 Å². The number of carbonyl (C=O) groups excluding carboxylic acids is 1. The van der Waals surface area contributed by atoms with Crippen LogP contribution in [0.5, 0.6) is 5.75 Å². The van der Waals surface area contributed by atoms with Gasteiger partial charge in [-0.3, -0.25) is 9.69 Å². The van der Waals surface area contributed by atoms with E-state index in [0.29, 0.717) is 26.2 Å². The molecule has 0 spiro atoms. The Morgan fingerprint density at radius 2 is 1.85 bits per heavy atom. The summed E-state index contributed by atoms with van der Waals surface area (Å²) in [7, 11) is 1.62. The number of hydrogen-bond donors (Lipinski definition) is 0. The fraction of sp³-hybridized carbons (Fsp3) is 0.333. The lowest BCUT2D eigenvalue weighted by molar-refractivity contribution is 0.0605. The van der Waals surface area contributed by atoms with Crippen LogP contribution in [0.1, 0.15) is 27.5 Å². The van der Waals surface area contributed by atoms with Gasteiger partial charge in [-0.05, 0) is 36.2 Å². The lowest BCUT2D eigenvalue weighted by Crippen LogP contribution is -2.49. The fourth-order valence-electron chi connectivity index (χ4n) is 3.35. The molecule has 0 saturated carbocycles. The third kappa shape index (κ3) is 3.71. The molecular weight excluding hydrogens is 326 g/mol. The van der Waals surface area contributed by atoms with Gasteiger partial charge in [0.1, 0.15) is 11.8 Å². The summed E-state index contributed by atoms with van der Waals surface area (Å²) in [6.45, 7) is 4.54. The van der Waals surface area contributed by atoms with Crippen LogP contribution in [0, 0.1) is 18.3 Å². The standard InChI is InChI=1S/C21H23N3O2/c1-16-6-3-4-9-19(16)21(25)24-12-10-23(11-13-24)20(15-22)17-7-5-8-18(14-17)26-2/h3-9,14,20H,10-13H2,1-2H3. The molecule has 0 aliphatic carbocycles. The number of benzene rings is 2. The number of hydrogen-bond acceptors (Lipinski definition) is 4. The third-order valence-electron chi connectivity index (χ3n) is 4.87. The van der Waals surface area contributed by atoms with Gasteiger partial charge in [0.25, 0.3) is 5.91 Å². The normalized spacial score (nSPS) is 16.0. The molecule has 5 nitrogen and oxygen atoms in total. The molecule has 0 N–H and O–H groups in total. The van der Waals surface area contributed by atoms with Gasteiger partial charge in [-0.15, -0.1) is 0 Å². The Morgan fingerprint density at radius 1 is 1.12 bits per heavy atom. The minimum atomic E-state index is -0.333. The Morgan fingerprint density at radius 3 is 2.50 bits per heavy atom. The molecule has 0 aromatic heterocycles. The third-order valence-corrected chi connectivity index (χ3v) is 4.87. The molecule has 1 saturated heterocycles. The van der Waals surface area contributed by atoms with Crippen LogP contribution >= 0.6 is 0 Å². The minimum absolute atomic E-state index is 0.0673. The van der Waals surface area contributed by atoms with Gasteiger partial charge in [0, 0.05) is 31.7 Å². The van der Waals surface area contributed by atoms with Gasteiger partial charge in [0.05, 0.1) is 13.2 Å². The lowest BCUT2D eigenvalue weighted by Gasteiger charge is -2.37. The average Bonchev–Trinajstić information content (AvgIpc) is 2.69. The SMILES string of the molecule is COc1cccc(C(C#N)N2CCN(C(=O)c3ccccc3C)CC2)c1. The van der Waals surface area contributed by atoms with Crippen LogP contribution in [0.4, 0.5) is 0 Å². The molecule has 0 bridgehead atoms. The zero-order valence-corrected chi connectivity index (χ0v) is 15.2. The maximum atomic E-state index is 12.7. The molecule has 1 fully saturated rings. The smallest absolute Gasteiger partial charge is 0.254 e. The van der Waals surface area contributed by atoms with E-state index in [0.717, 1.165) is 22.4 Å². The predicted octanol–water partition coefficient (Wildman–Crippen LogP) is 3.03. The monoisotopic (exact) mass is 349 g/mol. The summed E-state index contributed by atoms with van der Waals surface area (Å²) in [5.41, 5.74) is 2.67. The van der Waals surface area contributed by atoms with Gasteiger partial charge in [0.2, 0.25) is 0 Å². The molecule has 1 unspecified atom stereocenters. The van der Waals surface area contributed by atoms with Crippen molar-refractivity contribution in [3.05, 3.63) is 65.2 Å². The number of nitrogens with zero attached hydrogens (tertiary/aromatic N) is 3. The van der Waals surface area contributed by atoms with Gasteiger partial charge in [0.15, 0.2) is 0 Å². The van der Waals surface area contributed by atoms with Gasteiger partial charge < -0.3 is 9.64 Å². The highest BCUT2D eigenvalue weighted by Gasteiger charge is 2.28. The summed E-state index contributed by atoms with van der Waals surface area (Å²) in [5, 5.41) is 9.67. The molecule has 1 atom stereocenters. The summed E-state index contributed by atoms with van der Waals surface area (Å²) in [6.07, 6.45) is 0. The van der Waals surface area contributed by atoms with Crippen molar-refractivity contribution in [2.45, 2.75) is 13.0 Å². The second kappa shape index (κ2) is 8.03. The van der Waals surface area contributed by atoms with Crippen molar-refractivity contribution in [3.63, 3.8) is 0 Å². The summed E-state index contributed by atoms with van der Waals surface area (Å²) < 4.78 is 5.26. The van der Waals surface area contributed by atoms with Crippen molar-refractivity contribution in [1.82, 2.24) is 9.80 Å². The molecule has 1 aliphatic rings. The van der Waals surface area contributed by atoms with Crippen LogP contribution in [0.3, 0.4) is 0 Å². The van der Waals surface area contributed by atoms with Crippen LogP contribution in [0.25, 0.3) is 0 Å². The van der Waals surface area contributed by atoms with Crippen LogP contribution < -0.4 is 4.74 Å². The van der Waals surface area contributed by atoms with Crippen molar-refractivity contribution in [1.29, 1.82) is 5.26 Å². The first-order valence-corrected chi connectivity index (χ1v) is 8.76. The first kappa shape index (κ1) is 18.0. The highest BCUT2D eigenvalue weighted by atomic mass is 16.5. The van der Waals surface area contributed by atoms with E-state index in [4.69, 9.17) is 4.74 Å². The number of rotatable bonds is 4. The topological polar surface area (TPSA) is 56.6 Å². The summed E-state index contributed by atoms with van der Waals surface area (Å²) in [6, 6.07) is 17.3. The number of aryl methyl sites for hydroxylation is 1. The van der Waals surface area contributed by atoms with Crippen molar-refractivity contribution in [3.8, 4) is 11.8 Å². The molecule has 0 radical (unpaired) electrons. The van der Waals surface area contributed by atoms with E-state index >= 15 is 0 Å². The molecule has 2 aromatic rings. The molecule has 2 aromatic carbocycles. The zero-order valence-electron chi connectivity index (χ0n) is 15.2. The van der Waals surface area contributed by atoms with E-state index in [9.17, 15) is 10.1 Å². The van der Waals surface area contributed by atoms with E-state index in [2.05, 4.69) is 11.0 Å². The molecule has 1 heterocycles. The summed E-state index contributed by atoms with van der Waals surface area (Å²) in [4.78, 5) is 16.7. The maximum Gasteiger partial charge on any atom is 0.254 e. The lowest BCUT2D eigenvalue weighted by atomic mass is 10.0. The van der Waals surface area contributed by atoms with Gasteiger partial charge in [-0.1, -0.05) is 30.3 Å². The molecule has 1 aliphatic heterocycles. The van der Waals surface area contributed by atoms with E-state index in [-0.39, 0.29) is 11.9 Å². The molecule has 134 valence electrons. The van der Waals surface area contributed by atoms with Crippen molar-refractivity contribution < 1.29 is 9.53 Å². The Balaban J connectivity index is 1.68. The first-order valence-electron chi connectivity index (χ1n) is 8.76. The Kier molecular flexibility index (Phi) is 5.55. The van der Waals surface area contributed by atoms with Gasteiger partial charge >= 0.3 is 0 Å². The maximum absolute atomic E-state index is 12.7. The second-order valence-corrected chi connectivity index (χ2v) is 6.45. The number of nitriles is 1. The van der Waals surface area contributed by atoms with Gasteiger partial charge in [-0.2, -0.15) is 5.26 Å². The van der Waals surface area contributed by atoms with Crippen LogP contribution in [-0.2, 0) is 0 Å². The number of piperazine rings is 1. The molecule has 26 heavy (non-hydrogen) atoms. The molecule has 5 heteroatoms. The molecular formula is C21H23N3O2. The largest absolute Gasteiger partial charge is 0.497 e. The number of amides is 1. The Labute approximate surface area is 154 Å². The number of ether oxygens (including phenoxy) is 1.